The third kappa shape index (κ3) is 4.71. The lowest BCUT2D eigenvalue weighted by Gasteiger charge is -2.18. The largest absolute Gasteiger partial charge is 0.380 e. The monoisotopic (exact) mass is 252 g/mol. The molecule has 0 bridgehead atoms. The predicted molar refractivity (Wildman–Crippen MR) is 74.7 cm³/mol. The van der Waals surface area contributed by atoms with Gasteiger partial charge < -0.3 is 15.8 Å². The molecular weight excluding hydrogens is 232 g/mol. The van der Waals surface area contributed by atoms with Crippen LogP contribution in [0.3, 0.4) is 0 Å². The minimum atomic E-state index is 0.203. The molecule has 0 amide bonds. The van der Waals surface area contributed by atoms with Gasteiger partial charge in [-0.3, -0.25) is 0 Å². The molecule has 1 aromatic rings. The molecule has 1 aromatic carbocycles. The minimum absolute atomic E-state index is 0.203. The average Bonchev–Trinajstić information content (AvgIpc) is 2.29. The van der Waals surface area contributed by atoms with E-state index in [4.69, 9.17) is 22.7 Å². The summed E-state index contributed by atoms with van der Waals surface area (Å²) in [6.07, 6.45) is 2.10. The number of rotatable bonds is 6. The Labute approximate surface area is 108 Å². The van der Waals surface area contributed by atoms with Crippen molar-refractivity contribution in [3.8, 4) is 0 Å². The zero-order valence-corrected chi connectivity index (χ0v) is 11.2. The highest BCUT2D eigenvalue weighted by Gasteiger charge is 2.10. The quantitative estimate of drug-likeness (QED) is 0.764. The van der Waals surface area contributed by atoms with Crippen molar-refractivity contribution in [1.82, 2.24) is 5.32 Å². The first kappa shape index (κ1) is 13.9. The summed E-state index contributed by atoms with van der Waals surface area (Å²) in [5.41, 5.74) is 7.92. The summed E-state index contributed by atoms with van der Waals surface area (Å²) in [4.78, 5) is 0. The Morgan fingerprint density at radius 1 is 1.41 bits per heavy atom. The fourth-order valence-corrected chi connectivity index (χ4v) is 1.94. The van der Waals surface area contributed by atoms with Gasteiger partial charge in [-0.05, 0) is 29.8 Å². The number of thiocarbonyl (C=S) groups is 1. The van der Waals surface area contributed by atoms with Crippen molar-refractivity contribution < 1.29 is 4.74 Å². The Hall–Kier alpha value is -1.13. The number of nitrogens with one attached hydrogen (secondary N) is 1. The molecular formula is C13H20N2OS. The number of methoxy groups -OCH3 is 1. The summed E-state index contributed by atoms with van der Waals surface area (Å²) < 4.78 is 5.08. The Balaban J connectivity index is 2.75. The lowest BCUT2D eigenvalue weighted by atomic mass is 10.0. The van der Waals surface area contributed by atoms with E-state index in [1.165, 1.54) is 11.1 Å². The molecule has 0 spiro atoms. The van der Waals surface area contributed by atoms with Crippen LogP contribution < -0.4 is 11.1 Å². The third-order valence-corrected chi connectivity index (χ3v) is 2.70. The van der Waals surface area contributed by atoms with Crippen LogP contribution in [0.2, 0.25) is 0 Å². The van der Waals surface area contributed by atoms with Gasteiger partial charge in [0, 0.05) is 7.11 Å². The van der Waals surface area contributed by atoms with E-state index in [0.29, 0.717) is 11.7 Å². The summed E-state index contributed by atoms with van der Waals surface area (Å²) in [6, 6.07) is 8.54. The third-order valence-electron chi connectivity index (χ3n) is 2.59. The second kappa shape index (κ2) is 7.25. The lowest BCUT2D eigenvalue weighted by Crippen LogP contribution is -2.32. The van der Waals surface area contributed by atoms with Crippen molar-refractivity contribution in [1.29, 1.82) is 0 Å². The molecule has 0 aliphatic carbocycles. The van der Waals surface area contributed by atoms with Crippen LogP contribution in [0.15, 0.2) is 24.3 Å². The van der Waals surface area contributed by atoms with Gasteiger partial charge in [-0.1, -0.05) is 37.6 Å². The summed E-state index contributed by atoms with van der Waals surface area (Å²) in [5, 5.41) is 3.48. The van der Waals surface area contributed by atoms with Gasteiger partial charge in [0.05, 0.1) is 12.6 Å². The van der Waals surface area contributed by atoms with Gasteiger partial charge in [-0.2, -0.15) is 0 Å². The molecule has 3 nitrogen and oxygen atoms in total. The van der Waals surface area contributed by atoms with Crippen LogP contribution in [0, 0.1) is 0 Å². The minimum Gasteiger partial charge on any atom is -0.380 e. The van der Waals surface area contributed by atoms with Gasteiger partial charge in [0.2, 0.25) is 0 Å². The predicted octanol–water partition coefficient (Wildman–Crippen LogP) is 2.51. The average molecular weight is 252 g/mol. The van der Waals surface area contributed by atoms with Gasteiger partial charge in [0.1, 0.15) is 0 Å². The highest BCUT2D eigenvalue weighted by molar-refractivity contribution is 7.80. The molecule has 0 saturated carbocycles. The number of benzene rings is 1. The smallest absolute Gasteiger partial charge is 0.164 e. The summed E-state index contributed by atoms with van der Waals surface area (Å²) >= 11 is 4.90. The van der Waals surface area contributed by atoms with Gasteiger partial charge >= 0.3 is 0 Å². The number of nitrogens with two attached hydrogens (primary N) is 1. The molecule has 3 N–H and O–H groups in total. The molecule has 94 valence electrons. The number of ether oxygens (including phenoxy) is 1. The molecule has 1 atom stereocenters. The van der Waals surface area contributed by atoms with Crippen molar-refractivity contribution in [2.45, 2.75) is 32.4 Å². The van der Waals surface area contributed by atoms with Crippen LogP contribution >= 0.6 is 12.2 Å². The topological polar surface area (TPSA) is 47.3 Å². The van der Waals surface area contributed by atoms with Crippen molar-refractivity contribution in [2.75, 3.05) is 7.11 Å². The van der Waals surface area contributed by atoms with Crippen molar-refractivity contribution in [3.05, 3.63) is 35.4 Å². The van der Waals surface area contributed by atoms with Gasteiger partial charge in [0.15, 0.2) is 5.11 Å². The summed E-state index contributed by atoms with van der Waals surface area (Å²) in [5.74, 6) is 0. The fraction of sp³-hybridized carbons (Fsp3) is 0.462. The van der Waals surface area contributed by atoms with E-state index in [9.17, 15) is 0 Å². The summed E-state index contributed by atoms with van der Waals surface area (Å²) in [6.45, 7) is 2.79. The normalized spacial score (nSPS) is 12.1. The van der Waals surface area contributed by atoms with E-state index in [2.05, 4.69) is 36.5 Å². The maximum atomic E-state index is 5.54. The maximum absolute atomic E-state index is 5.54. The van der Waals surface area contributed by atoms with Crippen LogP contribution in [-0.2, 0) is 11.3 Å². The molecule has 4 heteroatoms. The highest BCUT2D eigenvalue weighted by Crippen LogP contribution is 2.19. The Bertz CT molecular complexity index is 351. The van der Waals surface area contributed by atoms with Gasteiger partial charge in [0.25, 0.3) is 0 Å². The molecule has 1 rings (SSSR count). The second-order valence-corrected chi connectivity index (χ2v) is 4.46. The van der Waals surface area contributed by atoms with Gasteiger partial charge in [-0.25, -0.2) is 0 Å². The molecule has 0 radical (unpaired) electrons. The zero-order valence-electron chi connectivity index (χ0n) is 10.4. The standard InChI is InChI=1S/C13H20N2OS/c1-3-4-12(15-13(14)17)11-7-5-10(6-8-11)9-16-2/h5-8,12H,3-4,9H2,1-2H3,(H3,14,15,17)/t12-/m0/s1. The number of hydrogen-bond donors (Lipinski definition) is 2. The maximum Gasteiger partial charge on any atom is 0.164 e. The van der Waals surface area contributed by atoms with E-state index >= 15 is 0 Å². The first-order valence-corrected chi connectivity index (χ1v) is 6.22. The molecule has 0 aliphatic heterocycles. The molecule has 17 heavy (non-hydrogen) atoms. The van der Waals surface area contributed by atoms with E-state index in [1.54, 1.807) is 7.11 Å². The van der Waals surface area contributed by atoms with E-state index in [-0.39, 0.29) is 6.04 Å². The molecule has 0 fully saturated rings. The first-order chi connectivity index (χ1) is 8.17. The van der Waals surface area contributed by atoms with E-state index in [1.807, 2.05) is 0 Å². The molecule has 0 aliphatic rings. The van der Waals surface area contributed by atoms with Crippen LogP contribution in [0.25, 0.3) is 0 Å². The fourth-order valence-electron chi connectivity index (χ4n) is 1.80. The van der Waals surface area contributed by atoms with Crippen LogP contribution in [-0.4, -0.2) is 12.2 Å². The van der Waals surface area contributed by atoms with Crippen molar-refractivity contribution >= 4 is 17.3 Å². The molecule has 0 aromatic heterocycles. The van der Waals surface area contributed by atoms with Gasteiger partial charge in [-0.15, -0.1) is 0 Å². The van der Waals surface area contributed by atoms with Crippen LogP contribution in [0.1, 0.15) is 36.9 Å². The Morgan fingerprint density at radius 2 is 2.06 bits per heavy atom. The molecule has 0 unspecified atom stereocenters. The first-order valence-electron chi connectivity index (χ1n) is 5.81. The number of hydrogen-bond acceptors (Lipinski definition) is 2. The van der Waals surface area contributed by atoms with Crippen LogP contribution in [0.4, 0.5) is 0 Å². The second-order valence-electron chi connectivity index (χ2n) is 4.02. The molecule has 0 heterocycles. The SMILES string of the molecule is CCC[C@H](NC(N)=S)c1ccc(COC)cc1. The van der Waals surface area contributed by atoms with Crippen LogP contribution in [0.5, 0.6) is 0 Å². The van der Waals surface area contributed by atoms with E-state index < -0.39 is 0 Å². The Morgan fingerprint density at radius 3 is 2.53 bits per heavy atom. The zero-order chi connectivity index (χ0) is 12.7. The van der Waals surface area contributed by atoms with Crippen molar-refractivity contribution in [2.24, 2.45) is 5.73 Å². The summed E-state index contributed by atoms with van der Waals surface area (Å²) in [7, 11) is 1.70. The molecule has 0 saturated heterocycles. The van der Waals surface area contributed by atoms with Crippen molar-refractivity contribution in [3.63, 3.8) is 0 Å². The lowest BCUT2D eigenvalue weighted by molar-refractivity contribution is 0.185. The van der Waals surface area contributed by atoms with E-state index in [0.717, 1.165) is 12.8 Å². The highest BCUT2D eigenvalue weighted by atomic mass is 32.1. The Kier molecular flexibility index (Phi) is 5.94.